The molecule has 9 aromatic rings. The quantitative estimate of drug-likeness (QED) is 0.0194. The molecule has 1 aliphatic rings. The molecular formula is C87H120BN9O8. The van der Waals surface area contributed by atoms with Gasteiger partial charge in [-0.15, -0.1) is 0 Å². The molecule has 1 fully saturated rings. The van der Waals surface area contributed by atoms with Gasteiger partial charge in [0.1, 0.15) is 23.3 Å². The van der Waals surface area contributed by atoms with Crippen LogP contribution in [-0.4, -0.2) is 107 Å². The average molecular weight is 1430 g/mol. The summed E-state index contributed by atoms with van der Waals surface area (Å²) in [5, 5.41) is 33.6. The van der Waals surface area contributed by atoms with Crippen molar-refractivity contribution < 1.29 is 33.9 Å². The Balaban J connectivity index is 0. The molecule has 105 heavy (non-hydrogen) atoms. The SMILES string of the molecule is C=C=O.C=CNCC.C=CNCC.C=CNCC.CC.CC.CC1CC(=O)N(C)B(O)C1C.CCC(C(=O)Cc1ccc2cnccc2c1)c1ccccc1.CCC(C(=O)Cc1ccc2cnccc2c1)c1ccccc1.CCC(C(=O)Cc1ccc2cnccc2c1)c1ccccc1.CN.C[N+](=O)[O-]. The molecule has 0 spiro atoms. The number of pyridine rings is 3. The molecule has 1 aliphatic heterocycles. The third-order valence-electron chi connectivity index (χ3n) is 15.9. The van der Waals surface area contributed by atoms with Crippen molar-refractivity contribution in [1.29, 1.82) is 0 Å². The molecule has 17 nitrogen and oxygen atoms in total. The first-order valence-electron chi connectivity index (χ1n) is 36.2. The number of fused-ring (bicyclic) bond motifs is 3. The van der Waals surface area contributed by atoms with Gasteiger partial charge in [-0.25, -0.2) is 4.79 Å². The predicted octanol–water partition coefficient (Wildman–Crippen LogP) is 17.7. The highest BCUT2D eigenvalue weighted by Crippen LogP contribution is 2.30. The summed E-state index contributed by atoms with van der Waals surface area (Å²) in [5.41, 5.74) is 11.0. The van der Waals surface area contributed by atoms with E-state index in [2.05, 4.69) is 102 Å². The standard InChI is InChI=1S/3C20H19NO.C7H14BNO2.3C4H9N.C2H2O.2C2H6.CH3NO2.CH5N/c3*1-2-19(16-6-4-3-5-7-16)20(22)13-15-8-9-18-14-21-11-10-17(18)12-15;1-5-4-7(10)9(3)8(11)6(5)2;3*1-3-5-4-2;1-2-3;2*1-2;1-2(3)4;1-2/h3*3-12,14,19H,2,13H2,1H3;5-6,11H,4H2,1-3H3;3*3,5H,1,4H2,2H3;1H2;2*1-2H3;1H3;2H2,1H3. The van der Waals surface area contributed by atoms with Crippen molar-refractivity contribution in [3.8, 4) is 0 Å². The molecule has 3 aromatic heterocycles. The number of nitrogens with two attached hydrogens (primary N) is 1. The van der Waals surface area contributed by atoms with E-state index < -0.39 is 12.0 Å². The summed E-state index contributed by atoms with van der Waals surface area (Å²) in [6.45, 7) is 40.2. The lowest BCUT2D eigenvalue weighted by molar-refractivity contribution is -0.445. The van der Waals surface area contributed by atoms with E-state index in [1.54, 1.807) is 44.2 Å². The van der Waals surface area contributed by atoms with Gasteiger partial charge in [-0.1, -0.05) is 228 Å². The molecule has 5 unspecified atom stereocenters. The van der Waals surface area contributed by atoms with Gasteiger partial charge in [-0.2, -0.15) is 0 Å². The Morgan fingerprint density at radius 3 is 1.03 bits per heavy atom. The largest absolute Gasteiger partial charge is 0.432 e. The number of nitro groups is 1. The van der Waals surface area contributed by atoms with E-state index in [0.29, 0.717) is 31.6 Å². The summed E-state index contributed by atoms with van der Waals surface area (Å²) in [4.78, 5) is 79.8. The van der Waals surface area contributed by atoms with Crippen LogP contribution in [0.15, 0.2) is 246 Å². The van der Waals surface area contributed by atoms with Crippen molar-refractivity contribution in [2.24, 2.45) is 11.7 Å². The molecule has 564 valence electrons. The minimum atomic E-state index is -0.591. The molecular weight excluding hydrogens is 1310 g/mol. The molecule has 4 heterocycles. The van der Waals surface area contributed by atoms with Gasteiger partial charge in [0.05, 0.1) is 0 Å². The molecule has 0 bridgehead atoms. The van der Waals surface area contributed by atoms with Crippen LogP contribution in [-0.2, 0) is 43.2 Å². The van der Waals surface area contributed by atoms with E-state index in [9.17, 15) is 24.2 Å². The molecule has 0 radical (unpaired) electrons. The fraction of sp³-hybridized carbons (Fsp3) is 0.345. The van der Waals surface area contributed by atoms with E-state index in [1.807, 2.05) is 226 Å². The van der Waals surface area contributed by atoms with Crippen LogP contribution in [0.25, 0.3) is 32.3 Å². The van der Waals surface area contributed by atoms with Crippen LogP contribution in [0.1, 0.15) is 160 Å². The van der Waals surface area contributed by atoms with E-state index >= 15 is 0 Å². The van der Waals surface area contributed by atoms with E-state index in [0.717, 1.165) is 112 Å². The number of ketones is 3. The van der Waals surface area contributed by atoms with Crippen LogP contribution in [0.2, 0.25) is 5.82 Å². The summed E-state index contributed by atoms with van der Waals surface area (Å²) >= 11 is 0. The number of carbonyl (C=O) groups is 4. The second-order valence-corrected chi connectivity index (χ2v) is 23.0. The maximum Gasteiger partial charge on any atom is 0.418 e. The number of hydrogen-bond donors (Lipinski definition) is 5. The van der Waals surface area contributed by atoms with Gasteiger partial charge in [-0.3, -0.25) is 44.2 Å². The van der Waals surface area contributed by atoms with Crippen LogP contribution >= 0.6 is 0 Å². The highest BCUT2D eigenvalue weighted by Gasteiger charge is 2.38. The maximum absolute atomic E-state index is 12.7. The number of carbonyl (C=O) groups excluding carboxylic acids is 5. The Morgan fingerprint density at radius 1 is 0.552 bits per heavy atom. The van der Waals surface area contributed by atoms with Crippen LogP contribution < -0.4 is 21.7 Å². The fourth-order valence-electron chi connectivity index (χ4n) is 10.5. The molecule has 0 saturated carbocycles. The second kappa shape index (κ2) is 61.0. The van der Waals surface area contributed by atoms with E-state index in [-0.39, 0.29) is 46.8 Å². The van der Waals surface area contributed by atoms with Gasteiger partial charge in [0.15, 0.2) is 7.05 Å². The van der Waals surface area contributed by atoms with Crippen LogP contribution in [0.4, 0.5) is 0 Å². The molecule has 1 amide bonds. The van der Waals surface area contributed by atoms with Crippen LogP contribution in [0.3, 0.4) is 0 Å². The number of benzene rings is 6. The Morgan fingerprint density at radius 2 is 0.810 bits per heavy atom. The van der Waals surface area contributed by atoms with Gasteiger partial charge in [0.2, 0.25) is 5.91 Å². The first-order chi connectivity index (χ1) is 50.8. The first kappa shape index (κ1) is 96.5. The summed E-state index contributed by atoms with van der Waals surface area (Å²) in [6.07, 6.45) is 20.4. The molecule has 10 rings (SSSR count). The molecule has 0 aliphatic carbocycles. The van der Waals surface area contributed by atoms with Crippen molar-refractivity contribution in [3.05, 3.63) is 289 Å². The average Bonchev–Trinajstić information content (AvgIpc) is 0.831. The number of nitrogens with zero attached hydrogens (tertiary/aromatic N) is 5. The highest BCUT2D eigenvalue weighted by atomic mass is 16.6. The van der Waals surface area contributed by atoms with E-state index in [1.165, 1.54) is 17.8 Å². The number of rotatable bonds is 21. The first-order valence-corrected chi connectivity index (χ1v) is 36.2. The lowest BCUT2D eigenvalue weighted by Gasteiger charge is -2.34. The molecule has 1 saturated heterocycles. The minimum Gasteiger partial charge on any atom is -0.432 e. The van der Waals surface area contributed by atoms with E-state index in [4.69, 9.17) is 14.9 Å². The zero-order chi connectivity index (χ0) is 79.3. The van der Waals surface area contributed by atoms with Gasteiger partial charge in [-0.05, 0) is 159 Å². The van der Waals surface area contributed by atoms with Gasteiger partial charge >= 0.3 is 7.05 Å². The third kappa shape index (κ3) is 39.1. The number of nitrogens with one attached hydrogen (secondary N) is 3. The summed E-state index contributed by atoms with van der Waals surface area (Å²) in [7, 11) is 3.45. The molecule has 18 heteroatoms. The normalized spacial score (nSPS) is 12.6. The van der Waals surface area contributed by atoms with Crippen molar-refractivity contribution in [3.63, 3.8) is 0 Å². The summed E-state index contributed by atoms with van der Waals surface area (Å²) in [5.74, 6) is 2.57. The monoisotopic (exact) mass is 1430 g/mol. The number of Topliss-reactive ketones (excluding diaryl/α,β-unsaturated/α-hetero) is 3. The van der Waals surface area contributed by atoms with Crippen molar-refractivity contribution >= 4 is 68.6 Å². The predicted molar refractivity (Wildman–Crippen MR) is 442 cm³/mol. The lowest BCUT2D eigenvalue weighted by atomic mass is 9.58. The second-order valence-electron chi connectivity index (χ2n) is 23.0. The van der Waals surface area contributed by atoms with Gasteiger partial charge < -0.3 is 31.5 Å². The van der Waals surface area contributed by atoms with Crippen molar-refractivity contribution in [2.75, 3.05) is 40.8 Å². The molecule has 6 aromatic carbocycles. The lowest BCUT2D eigenvalue weighted by Crippen LogP contribution is -2.49. The number of hydrogen-bond acceptors (Lipinski definition) is 15. The smallest absolute Gasteiger partial charge is 0.418 e. The van der Waals surface area contributed by atoms with Crippen LogP contribution in [0, 0.1) is 16.0 Å². The van der Waals surface area contributed by atoms with Crippen molar-refractivity contribution in [2.45, 2.75) is 152 Å². The zero-order valence-corrected chi connectivity index (χ0v) is 65.3. The van der Waals surface area contributed by atoms with Gasteiger partial charge in [0.25, 0.3) is 0 Å². The Kier molecular flexibility index (Phi) is 56.1. The summed E-state index contributed by atoms with van der Waals surface area (Å²) in [6, 6.07) is 54.6. The number of amides is 1. The highest BCUT2D eigenvalue weighted by molar-refractivity contribution is 6.53. The minimum absolute atomic E-state index is 0.0191. The summed E-state index contributed by atoms with van der Waals surface area (Å²) < 4.78 is 0. The van der Waals surface area contributed by atoms with Crippen LogP contribution in [0.5, 0.6) is 0 Å². The Hall–Kier alpha value is -10.5. The Labute approximate surface area is 628 Å². The Bertz CT molecular complexity index is 3520. The fourth-order valence-corrected chi connectivity index (χ4v) is 10.5. The number of aromatic nitrogens is 3. The zero-order valence-electron chi connectivity index (χ0n) is 65.3. The molecule has 5 atom stereocenters. The third-order valence-corrected chi connectivity index (χ3v) is 15.9. The molecule has 6 N–H and O–H groups in total. The maximum atomic E-state index is 12.7. The van der Waals surface area contributed by atoms with Gasteiger partial charge in [0, 0.05) is 121 Å². The topological polar surface area (TPSA) is 253 Å². The van der Waals surface area contributed by atoms with Crippen molar-refractivity contribution in [1.82, 2.24) is 35.7 Å².